The molecule has 0 aliphatic rings. The second-order valence-electron chi connectivity index (χ2n) is 5.94. The number of amides is 1. The standard InChI is InChI=1S/C20H22FNO4/c1-3-26-16-9-7-14(8-10-16)11-15(20(24)25)12-22-19(23)17-5-4-6-18(21)13(17)2/h4-10,15H,3,11-12H2,1-2H3,(H,22,23)(H,24,25). The molecule has 26 heavy (non-hydrogen) atoms. The average molecular weight is 359 g/mol. The van der Waals surface area contributed by atoms with E-state index in [1.54, 1.807) is 24.3 Å². The smallest absolute Gasteiger partial charge is 0.308 e. The van der Waals surface area contributed by atoms with Crippen molar-refractivity contribution in [3.63, 3.8) is 0 Å². The van der Waals surface area contributed by atoms with E-state index in [0.717, 1.165) is 11.3 Å². The van der Waals surface area contributed by atoms with Crippen molar-refractivity contribution in [3.8, 4) is 5.75 Å². The molecule has 1 amide bonds. The molecule has 138 valence electrons. The zero-order valence-electron chi connectivity index (χ0n) is 14.8. The molecule has 0 saturated carbocycles. The van der Waals surface area contributed by atoms with E-state index in [2.05, 4.69) is 5.32 Å². The Morgan fingerprint density at radius 1 is 1.19 bits per heavy atom. The number of aliphatic carboxylic acids is 1. The number of hydrogen-bond acceptors (Lipinski definition) is 3. The first-order valence-corrected chi connectivity index (χ1v) is 8.40. The van der Waals surface area contributed by atoms with E-state index in [4.69, 9.17) is 4.74 Å². The van der Waals surface area contributed by atoms with E-state index in [1.165, 1.54) is 25.1 Å². The molecule has 0 fully saturated rings. The molecule has 0 aromatic heterocycles. The molecule has 0 aliphatic heterocycles. The number of ether oxygens (including phenoxy) is 1. The van der Waals surface area contributed by atoms with Crippen LogP contribution in [-0.2, 0) is 11.2 Å². The third-order valence-corrected chi connectivity index (χ3v) is 4.09. The Morgan fingerprint density at radius 2 is 1.88 bits per heavy atom. The third kappa shape index (κ3) is 5.05. The lowest BCUT2D eigenvalue weighted by atomic mass is 9.99. The molecule has 0 heterocycles. The fourth-order valence-electron chi connectivity index (χ4n) is 2.58. The van der Waals surface area contributed by atoms with Crippen LogP contribution in [-0.4, -0.2) is 30.1 Å². The number of halogens is 1. The van der Waals surface area contributed by atoms with Crippen molar-refractivity contribution in [3.05, 3.63) is 65.0 Å². The van der Waals surface area contributed by atoms with Crippen molar-refractivity contribution >= 4 is 11.9 Å². The summed E-state index contributed by atoms with van der Waals surface area (Å²) in [5.74, 6) is -2.03. The van der Waals surface area contributed by atoms with Crippen molar-refractivity contribution in [2.45, 2.75) is 20.3 Å². The van der Waals surface area contributed by atoms with Gasteiger partial charge >= 0.3 is 5.97 Å². The third-order valence-electron chi connectivity index (χ3n) is 4.09. The molecule has 0 saturated heterocycles. The highest BCUT2D eigenvalue weighted by molar-refractivity contribution is 5.95. The lowest BCUT2D eigenvalue weighted by Crippen LogP contribution is -2.34. The summed E-state index contributed by atoms with van der Waals surface area (Å²) >= 11 is 0. The lowest BCUT2D eigenvalue weighted by molar-refractivity contribution is -0.141. The van der Waals surface area contributed by atoms with Crippen LogP contribution in [0.3, 0.4) is 0 Å². The van der Waals surface area contributed by atoms with Gasteiger partial charge in [0.15, 0.2) is 0 Å². The topological polar surface area (TPSA) is 75.6 Å². The van der Waals surface area contributed by atoms with Crippen LogP contribution in [0, 0.1) is 18.7 Å². The normalized spacial score (nSPS) is 11.7. The first-order chi connectivity index (χ1) is 12.4. The van der Waals surface area contributed by atoms with Gasteiger partial charge in [-0.1, -0.05) is 18.2 Å². The molecule has 6 heteroatoms. The van der Waals surface area contributed by atoms with Crippen LogP contribution in [0.4, 0.5) is 4.39 Å². The summed E-state index contributed by atoms with van der Waals surface area (Å²) in [7, 11) is 0. The maximum atomic E-state index is 13.6. The first-order valence-electron chi connectivity index (χ1n) is 8.40. The summed E-state index contributed by atoms with van der Waals surface area (Å²) in [5.41, 5.74) is 1.27. The highest BCUT2D eigenvalue weighted by Gasteiger charge is 2.20. The van der Waals surface area contributed by atoms with Gasteiger partial charge in [0.1, 0.15) is 11.6 Å². The molecule has 0 aliphatic carbocycles. The van der Waals surface area contributed by atoms with Crippen LogP contribution in [0.25, 0.3) is 0 Å². The number of rotatable bonds is 8. The quantitative estimate of drug-likeness (QED) is 0.759. The molecule has 1 atom stereocenters. The van der Waals surface area contributed by atoms with E-state index >= 15 is 0 Å². The SMILES string of the molecule is CCOc1ccc(CC(CNC(=O)c2cccc(F)c2C)C(=O)O)cc1. The van der Waals surface area contributed by atoms with Crippen LogP contribution in [0.2, 0.25) is 0 Å². The number of nitrogens with one attached hydrogen (secondary N) is 1. The van der Waals surface area contributed by atoms with E-state index < -0.39 is 23.6 Å². The van der Waals surface area contributed by atoms with Gasteiger partial charge in [-0.15, -0.1) is 0 Å². The second kappa shape index (κ2) is 8.99. The van der Waals surface area contributed by atoms with Gasteiger partial charge in [-0.2, -0.15) is 0 Å². The van der Waals surface area contributed by atoms with E-state index in [0.29, 0.717) is 6.61 Å². The largest absolute Gasteiger partial charge is 0.494 e. The predicted octanol–water partition coefficient (Wildman–Crippen LogP) is 3.21. The van der Waals surface area contributed by atoms with E-state index in [9.17, 15) is 19.1 Å². The molecule has 1 unspecified atom stereocenters. The summed E-state index contributed by atoms with van der Waals surface area (Å²) in [4.78, 5) is 23.7. The first kappa shape index (κ1) is 19.4. The number of carbonyl (C=O) groups is 2. The van der Waals surface area contributed by atoms with Gasteiger partial charge in [0.05, 0.1) is 12.5 Å². The Labute approximate surface area is 151 Å². The molecule has 2 rings (SSSR count). The van der Waals surface area contributed by atoms with Gasteiger partial charge in [-0.25, -0.2) is 4.39 Å². The minimum atomic E-state index is -1.00. The van der Waals surface area contributed by atoms with Crippen LogP contribution in [0.1, 0.15) is 28.4 Å². The monoisotopic (exact) mass is 359 g/mol. The average Bonchev–Trinajstić information content (AvgIpc) is 2.62. The maximum Gasteiger partial charge on any atom is 0.308 e. The Hall–Kier alpha value is -2.89. The van der Waals surface area contributed by atoms with Crippen molar-refractivity contribution in [1.82, 2.24) is 5.32 Å². The van der Waals surface area contributed by atoms with Gasteiger partial charge in [-0.05, 0) is 55.7 Å². The molecular formula is C20H22FNO4. The van der Waals surface area contributed by atoms with Crippen LogP contribution >= 0.6 is 0 Å². The molecule has 0 radical (unpaired) electrons. The Kier molecular flexibility index (Phi) is 6.72. The molecular weight excluding hydrogens is 337 g/mol. The summed E-state index contributed by atoms with van der Waals surface area (Å²) in [6.45, 7) is 3.91. The minimum absolute atomic E-state index is 0.0443. The molecule has 2 aromatic carbocycles. The number of carbonyl (C=O) groups excluding carboxylic acids is 1. The van der Waals surface area contributed by atoms with Crippen molar-refractivity contribution < 1.29 is 23.8 Å². The predicted molar refractivity (Wildman–Crippen MR) is 95.9 cm³/mol. The maximum absolute atomic E-state index is 13.6. The summed E-state index contributed by atoms with van der Waals surface area (Å²) in [6, 6.07) is 11.4. The highest BCUT2D eigenvalue weighted by Crippen LogP contribution is 2.16. The van der Waals surface area contributed by atoms with Crippen molar-refractivity contribution in [1.29, 1.82) is 0 Å². The highest BCUT2D eigenvalue weighted by atomic mass is 19.1. The fraction of sp³-hybridized carbons (Fsp3) is 0.300. The van der Waals surface area contributed by atoms with Crippen molar-refractivity contribution in [2.75, 3.05) is 13.2 Å². The van der Waals surface area contributed by atoms with Gasteiger partial charge < -0.3 is 15.2 Å². The molecule has 0 spiro atoms. The fourth-order valence-corrected chi connectivity index (χ4v) is 2.58. The molecule has 2 N–H and O–H groups in total. The van der Waals surface area contributed by atoms with Crippen molar-refractivity contribution in [2.24, 2.45) is 5.92 Å². The van der Waals surface area contributed by atoms with Gasteiger partial charge in [0.2, 0.25) is 0 Å². The Balaban J connectivity index is 2.00. The summed E-state index contributed by atoms with van der Waals surface area (Å²) in [6.07, 6.45) is 0.268. The number of benzene rings is 2. The molecule has 0 bridgehead atoms. The zero-order chi connectivity index (χ0) is 19.1. The molecule has 5 nitrogen and oxygen atoms in total. The Morgan fingerprint density at radius 3 is 2.50 bits per heavy atom. The van der Waals surface area contributed by atoms with E-state index in [-0.39, 0.29) is 24.1 Å². The van der Waals surface area contributed by atoms with Gasteiger partial charge in [0, 0.05) is 12.1 Å². The number of hydrogen-bond donors (Lipinski definition) is 2. The zero-order valence-corrected chi connectivity index (χ0v) is 14.8. The van der Waals surface area contributed by atoms with E-state index in [1.807, 2.05) is 6.92 Å². The minimum Gasteiger partial charge on any atom is -0.494 e. The second-order valence-corrected chi connectivity index (χ2v) is 5.94. The summed E-state index contributed by atoms with van der Waals surface area (Å²) < 4.78 is 18.9. The Bertz CT molecular complexity index is 774. The number of carboxylic acids is 1. The van der Waals surface area contributed by atoms with Gasteiger partial charge in [-0.3, -0.25) is 9.59 Å². The number of carboxylic acid groups (broad SMARTS) is 1. The van der Waals surface area contributed by atoms with Crippen LogP contribution < -0.4 is 10.1 Å². The van der Waals surface area contributed by atoms with Crippen LogP contribution in [0.15, 0.2) is 42.5 Å². The summed E-state index contributed by atoms with van der Waals surface area (Å²) in [5, 5.41) is 12.0. The van der Waals surface area contributed by atoms with Gasteiger partial charge in [0.25, 0.3) is 5.91 Å². The molecule has 2 aromatic rings. The van der Waals surface area contributed by atoms with Crippen LogP contribution in [0.5, 0.6) is 5.75 Å². The lowest BCUT2D eigenvalue weighted by Gasteiger charge is -2.15.